The molecule has 0 saturated heterocycles. The Morgan fingerprint density at radius 1 is 1.29 bits per heavy atom. The smallest absolute Gasteiger partial charge is 0.242 e. The summed E-state index contributed by atoms with van der Waals surface area (Å²) < 4.78 is 28.5. The van der Waals surface area contributed by atoms with Crippen LogP contribution in [0.4, 0.5) is 5.69 Å². The summed E-state index contributed by atoms with van der Waals surface area (Å²) in [7, 11) is -1.59. The average Bonchev–Trinajstić information content (AvgIpc) is 2.85. The van der Waals surface area contributed by atoms with Gasteiger partial charge in [0.1, 0.15) is 4.90 Å². The Morgan fingerprint density at radius 3 is 2.71 bits per heavy atom. The molecule has 0 unspecified atom stereocenters. The van der Waals surface area contributed by atoms with Crippen molar-refractivity contribution in [2.24, 2.45) is 7.05 Å². The van der Waals surface area contributed by atoms with E-state index in [0.717, 1.165) is 12.0 Å². The monoisotopic (exact) mass is 308 g/mol. The number of hydrogen-bond acceptors (Lipinski definition) is 4. The van der Waals surface area contributed by atoms with Gasteiger partial charge in [-0.15, -0.1) is 0 Å². The van der Waals surface area contributed by atoms with Crippen LogP contribution in [0.2, 0.25) is 0 Å². The van der Waals surface area contributed by atoms with Gasteiger partial charge in [0.2, 0.25) is 10.0 Å². The largest absolute Gasteiger partial charge is 0.384 e. The van der Waals surface area contributed by atoms with Crippen molar-refractivity contribution in [3.05, 3.63) is 42.2 Å². The first-order chi connectivity index (χ1) is 10.0. The molecule has 0 saturated carbocycles. The van der Waals surface area contributed by atoms with Crippen molar-refractivity contribution in [3.63, 3.8) is 0 Å². The third-order valence-electron chi connectivity index (χ3n) is 3.00. The number of nitrogens with one attached hydrogen (secondary N) is 2. The van der Waals surface area contributed by atoms with E-state index in [4.69, 9.17) is 0 Å². The van der Waals surface area contributed by atoms with Crippen LogP contribution in [0, 0.1) is 0 Å². The van der Waals surface area contributed by atoms with Gasteiger partial charge in [-0.25, -0.2) is 13.1 Å². The maximum Gasteiger partial charge on any atom is 0.242 e. The van der Waals surface area contributed by atoms with Gasteiger partial charge in [-0.2, -0.15) is 5.10 Å². The molecule has 6 nitrogen and oxygen atoms in total. The summed E-state index contributed by atoms with van der Waals surface area (Å²) in [6, 6.07) is 6.91. The molecule has 2 aromatic rings. The first-order valence-corrected chi connectivity index (χ1v) is 8.31. The molecule has 2 rings (SSSR count). The first-order valence-electron chi connectivity index (χ1n) is 6.83. The van der Waals surface area contributed by atoms with Crippen molar-refractivity contribution < 1.29 is 8.42 Å². The zero-order chi connectivity index (χ0) is 15.3. The zero-order valence-corrected chi connectivity index (χ0v) is 13.0. The Kier molecular flexibility index (Phi) is 4.98. The SMILES string of the molecule is CCNS(=O)(=O)c1ccccc1NCCc1cnn(C)c1. The first kappa shape index (κ1) is 15.5. The van der Waals surface area contributed by atoms with Crippen molar-refractivity contribution in [2.45, 2.75) is 18.2 Å². The molecule has 1 aromatic heterocycles. The van der Waals surface area contributed by atoms with Gasteiger partial charge in [0.05, 0.1) is 11.9 Å². The second kappa shape index (κ2) is 6.73. The maximum atomic E-state index is 12.1. The van der Waals surface area contributed by atoms with E-state index in [9.17, 15) is 8.42 Å². The topological polar surface area (TPSA) is 76.0 Å². The third kappa shape index (κ3) is 4.05. The predicted molar refractivity (Wildman–Crippen MR) is 82.7 cm³/mol. The number of aryl methyl sites for hydroxylation is 1. The van der Waals surface area contributed by atoms with Crippen LogP contribution < -0.4 is 10.0 Å². The van der Waals surface area contributed by atoms with Gasteiger partial charge in [-0.05, 0) is 24.1 Å². The summed E-state index contributed by atoms with van der Waals surface area (Å²) in [6.07, 6.45) is 4.54. The Morgan fingerprint density at radius 2 is 2.05 bits per heavy atom. The molecule has 1 aromatic carbocycles. The maximum absolute atomic E-state index is 12.1. The van der Waals surface area contributed by atoms with E-state index in [2.05, 4.69) is 15.1 Å². The minimum Gasteiger partial charge on any atom is -0.384 e. The Hall–Kier alpha value is -1.86. The van der Waals surface area contributed by atoms with Crippen LogP contribution in [-0.4, -0.2) is 31.3 Å². The molecule has 0 aliphatic carbocycles. The highest BCUT2D eigenvalue weighted by molar-refractivity contribution is 7.89. The van der Waals surface area contributed by atoms with Gasteiger partial charge in [0.25, 0.3) is 0 Å². The Labute approximate surface area is 125 Å². The molecule has 0 aliphatic rings. The quantitative estimate of drug-likeness (QED) is 0.810. The van der Waals surface area contributed by atoms with Gasteiger partial charge in [-0.3, -0.25) is 4.68 Å². The summed E-state index contributed by atoms with van der Waals surface area (Å²) in [5.74, 6) is 0. The van der Waals surface area contributed by atoms with E-state index in [1.807, 2.05) is 25.5 Å². The minimum absolute atomic E-state index is 0.276. The highest BCUT2D eigenvalue weighted by Crippen LogP contribution is 2.20. The Balaban J connectivity index is 2.06. The van der Waals surface area contributed by atoms with Crippen molar-refractivity contribution >= 4 is 15.7 Å². The normalized spacial score (nSPS) is 11.5. The molecular weight excluding hydrogens is 288 g/mol. The zero-order valence-electron chi connectivity index (χ0n) is 12.2. The van der Waals surface area contributed by atoms with Crippen molar-refractivity contribution in [2.75, 3.05) is 18.4 Å². The molecule has 7 heteroatoms. The van der Waals surface area contributed by atoms with Crippen LogP contribution in [0.3, 0.4) is 0 Å². The van der Waals surface area contributed by atoms with Gasteiger partial charge in [0.15, 0.2) is 0 Å². The lowest BCUT2D eigenvalue weighted by Crippen LogP contribution is -2.24. The number of nitrogens with zero attached hydrogens (tertiary/aromatic N) is 2. The third-order valence-corrected chi connectivity index (χ3v) is 4.60. The van der Waals surface area contributed by atoms with E-state index in [1.54, 1.807) is 29.8 Å². The van der Waals surface area contributed by atoms with Crippen LogP contribution in [-0.2, 0) is 23.5 Å². The lowest BCUT2D eigenvalue weighted by Gasteiger charge is -2.12. The van der Waals surface area contributed by atoms with Crippen molar-refractivity contribution in [3.8, 4) is 0 Å². The molecule has 114 valence electrons. The number of rotatable bonds is 7. The molecule has 1 heterocycles. The number of benzene rings is 1. The van der Waals surface area contributed by atoms with Crippen LogP contribution in [0.15, 0.2) is 41.6 Å². The molecule has 0 atom stereocenters. The summed E-state index contributed by atoms with van der Waals surface area (Å²) in [4.78, 5) is 0.276. The Bertz CT molecular complexity index is 695. The lowest BCUT2D eigenvalue weighted by atomic mass is 10.2. The highest BCUT2D eigenvalue weighted by atomic mass is 32.2. The summed E-state index contributed by atoms with van der Waals surface area (Å²) in [5.41, 5.74) is 1.72. The molecule has 21 heavy (non-hydrogen) atoms. The molecule has 2 N–H and O–H groups in total. The summed E-state index contributed by atoms with van der Waals surface area (Å²) in [6.45, 7) is 2.77. The van der Waals surface area contributed by atoms with E-state index >= 15 is 0 Å². The number of hydrogen-bond donors (Lipinski definition) is 2. The van der Waals surface area contributed by atoms with E-state index in [-0.39, 0.29) is 4.90 Å². The van der Waals surface area contributed by atoms with Gasteiger partial charge < -0.3 is 5.32 Å². The molecule has 0 radical (unpaired) electrons. The molecule has 0 bridgehead atoms. The molecular formula is C14H20N4O2S. The van der Waals surface area contributed by atoms with Crippen molar-refractivity contribution in [1.82, 2.24) is 14.5 Å². The predicted octanol–water partition coefficient (Wildman–Crippen LogP) is 1.37. The van der Waals surface area contributed by atoms with Crippen LogP contribution in [0.1, 0.15) is 12.5 Å². The van der Waals surface area contributed by atoms with Crippen LogP contribution >= 0.6 is 0 Å². The van der Waals surface area contributed by atoms with E-state index in [1.165, 1.54) is 0 Å². The summed E-state index contributed by atoms with van der Waals surface area (Å²) in [5, 5.41) is 7.29. The molecule has 0 aliphatic heterocycles. The van der Waals surface area contributed by atoms with Gasteiger partial charge in [-0.1, -0.05) is 19.1 Å². The highest BCUT2D eigenvalue weighted by Gasteiger charge is 2.16. The van der Waals surface area contributed by atoms with Gasteiger partial charge in [0, 0.05) is 26.3 Å². The lowest BCUT2D eigenvalue weighted by molar-refractivity contribution is 0.584. The van der Waals surface area contributed by atoms with E-state index < -0.39 is 10.0 Å². The number of aromatic nitrogens is 2. The number of anilines is 1. The molecule has 0 amide bonds. The fourth-order valence-electron chi connectivity index (χ4n) is 2.06. The van der Waals surface area contributed by atoms with Crippen LogP contribution in [0.25, 0.3) is 0 Å². The standard InChI is InChI=1S/C14H20N4O2S/c1-3-17-21(19,20)14-7-5-4-6-13(14)15-9-8-12-10-16-18(2)11-12/h4-7,10-11,15,17H,3,8-9H2,1-2H3. The number of para-hydroxylation sites is 1. The average molecular weight is 308 g/mol. The van der Waals surface area contributed by atoms with Gasteiger partial charge >= 0.3 is 0 Å². The number of sulfonamides is 1. The molecule has 0 fully saturated rings. The molecule has 0 spiro atoms. The van der Waals surface area contributed by atoms with Crippen molar-refractivity contribution in [1.29, 1.82) is 0 Å². The second-order valence-electron chi connectivity index (χ2n) is 4.70. The van der Waals surface area contributed by atoms with E-state index in [0.29, 0.717) is 18.8 Å². The fraction of sp³-hybridized carbons (Fsp3) is 0.357. The minimum atomic E-state index is -3.46. The fourth-order valence-corrected chi connectivity index (χ4v) is 3.28. The second-order valence-corrected chi connectivity index (χ2v) is 6.43. The summed E-state index contributed by atoms with van der Waals surface area (Å²) >= 11 is 0. The van der Waals surface area contributed by atoms with Crippen LogP contribution in [0.5, 0.6) is 0 Å².